The highest BCUT2D eigenvalue weighted by Crippen LogP contribution is 2.60. The fourth-order valence-corrected chi connectivity index (χ4v) is 1.39. The molecular weight excluding hydrogens is 382 g/mol. The minimum absolute atomic E-state index is 3.09. The van der Waals surface area contributed by atoms with Crippen LogP contribution in [0.5, 0.6) is 0 Å². The lowest BCUT2D eigenvalue weighted by Gasteiger charge is -2.38. The fourth-order valence-electron chi connectivity index (χ4n) is 0.696. The second-order valence-corrected chi connectivity index (χ2v) is 4.93. The van der Waals surface area contributed by atoms with E-state index in [2.05, 4.69) is 46.4 Å². The normalized spacial score (nSPS) is 20.6. The second-order valence-electron chi connectivity index (χ2n) is 3.07. The Bertz CT molecular complexity index is 376. The van der Waals surface area contributed by atoms with Crippen molar-refractivity contribution in [3.05, 3.63) is 0 Å². The largest absolute Gasteiger partial charge is 0.375 e. The van der Waals surface area contributed by atoms with Gasteiger partial charge in [0.2, 0.25) is 0 Å². The van der Waals surface area contributed by atoms with Crippen molar-refractivity contribution < 1.29 is 39.9 Å². The van der Waals surface area contributed by atoms with Crippen molar-refractivity contribution in [2.75, 3.05) is 0 Å². The Morgan fingerprint density at radius 1 is 0.737 bits per heavy atom. The minimum atomic E-state index is -6.50. The summed E-state index contributed by atoms with van der Waals surface area (Å²) < 4.78 is 102. The molecule has 19 heavy (non-hydrogen) atoms. The summed E-state index contributed by atoms with van der Waals surface area (Å²) >= 11 is 15.9. The molecule has 0 aliphatic carbocycles. The Morgan fingerprint density at radius 3 is 1.26 bits per heavy atom. The molecule has 1 nitrogen and oxygen atoms in total. The van der Waals surface area contributed by atoms with Gasteiger partial charge >= 0.3 is 27.5 Å². The minimum Gasteiger partial charge on any atom is -0.274 e. The number of carbonyl (C=O) groups is 1. The van der Waals surface area contributed by atoms with Gasteiger partial charge in [-0.15, -0.1) is 0 Å². The predicted molar refractivity (Wildman–Crippen MR) is 50.9 cm³/mol. The highest BCUT2D eigenvalue weighted by molar-refractivity contribution is 6.66. The number of hydrogen-bond acceptors (Lipinski definition) is 1. The van der Waals surface area contributed by atoms with Gasteiger partial charge in [-0.1, -0.05) is 23.2 Å². The van der Waals surface area contributed by atoms with Gasteiger partial charge in [0.05, 0.1) is 0 Å². The van der Waals surface area contributed by atoms with E-state index >= 15 is 0 Å². The summed E-state index contributed by atoms with van der Waals surface area (Å²) in [5.74, 6) is -12.4. The van der Waals surface area contributed by atoms with E-state index in [1.165, 1.54) is 0 Å². The van der Waals surface area contributed by atoms with Crippen LogP contribution >= 0.6 is 46.4 Å². The summed E-state index contributed by atoms with van der Waals surface area (Å²) in [4.78, 5) is 10.1. The molecule has 0 amide bonds. The van der Waals surface area contributed by atoms with Crippen LogP contribution in [0.3, 0.4) is 0 Å². The average molecular weight is 382 g/mol. The van der Waals surface area contributed by atoms with Gasteiger partial charge in [0.25, 0.3) is 5.24 Å². The third-order valence-corrected chi connectivity index (χ3v) is 3.33. The van der Waals surface area contributed by atoms with Crippen molar-refractivity contribution in [1.29, 1.82) is 0 Å². The molecule has 2 atom stereocenters. The number of carbonyl (C=O) groups excluding carboxylic acids is 1. The number of halogens is 12. The highest BCUT2D eigenvalue weighted by atomic mass is 35.5. The molecule has 0 aromatic carbocycles. The van der Waals surface area contributed by atoms with Crippen molar-refractivity contribution in [2.45, 2.75) is 27.5 Å². The van der Waals surface area contributed by atoms with Crippen LogP contribution in [-0.2, 0) is 4.79 Å². The molecule has 0 fully saturated rings. The van der Waals surface area contributed by atoms with Gasteiger partial charge in [0.1, 0.15) is 0 Å². The molecule has 0 heterocycles. The van der Waals surface area contributed by atoms with Crippen molar-refractivity contribution >= 4 is 51.6 Å². The van der Waals surface area contributed by atoms with Crippen LogP contribution < -0.4 is 0 Å². The maximum Gasteiger partial charge on any atom is 0.375 e. The van der Waals surface area contributed by atoms with Gasteiger partial charge in [-0.3, -0.25) is 4.79 Å². The standard InChI is InChI=1S/C6Cl4F8O/c7-1(19)2(11,12)3(8,13)5(15,16)4(9,14)6(10,17)18/t3-,4+/m1/s1. The third-order valence-electron chi connectivity index (χ3n) is 1.79. The van der Waals surface area contributed by atoms with Gasteiger partial charge in [-0.2, -0.15) is 26.3 Å². The van der Waals surface area contributed by atoms with Gasteiger partial charge < -0.3 is 0 Å². The summed E-state index contributed by atoms with van der Waals surface area (Å²) in [7, 11) is 0. The van der Waals surface area contributed by atoms with E-state index in [0.717, 1.165) is 0 Å². The molecule has 0 saturated heterocycles. The third kappa shape index (κ3) is 2.71. The lowest BCUT2D eigenvalue weighted by Crippen LogP contribution is -2.66. The average Bonchev–Trinajstić information content (AvgIpc) is 2.14. The molecule has 0 aliphatic rings. The maximum absolute atomic E-state index is 13.2. The van der Waals surface area contributed by atoms with Crippen molar-refractivity contribution in [3.8, 4) is 0 Å². The monoisotopic (exact) mass is 380 g/mol. The van der Waals surface area contributed by atoms with Crippen LogP contribution in [0.1, 0.15) is 0 Å². The zero-order valence-corrected chi connectivity index (χ0v) is 11.0. The molecule has 0 N–H and O–H groups in total. The van der Waals surface area contributed by atoms with Crippen LogP contribution in [0.25, 0.3) is 0 Å². The van der Waals surface area contributed by atoms with Gasteiger partial charge in [-0.25, -0.2) is 8.78 Å². The molecule has 13 heteroatoms. The summed E-state index contributed by atoms with van der Waals surface area (Å²) in [6, 6.07) is 0. The SMILES string of the molecule is O=C(Cl)C(F)(F)[C@](F)(Cl)C(F)(F)[C@@](F)(Cl)C(F)(F)Cl. The topological polar surface area (TPSA) is 17.1 Å². The van der Waals surface area contributed by atoms with Crippen LogP contribution in [-0.4, -0.2) is 32.7 Å². The first-order valence-corrected chi connectivity index (χ1v) is 5.23. The molecule has 0 spiro atoms. The lowest BCUT2D eigenvalue weighted by atomic mass is 10.0. The van der Waals surface area contributed by atoms with Gasteiger partial charge in [0.15, 0.2) is 0 Å². The molecule has 0 aliphatic heterocycles. The summed E-state index contributed by atoms with van der Waals surface area (Å²) in [5.41, 5.74) is 0. The van der Waals surface area contributed by atoms with Crippen LogP contribution in [0.4, 0.5) is 35.1 Å². The van der Waals surface area contributed by atoms with Crippen molar-refractivity contribution in [1.82, 2.24) is 0 Å². The van der Waals surface area contributed by atoms with E-state index in [9.17, 15) is 39.9 Å². The lowest BCUT2D eigenvalue weighted by molar-refractivity contribution is -0.257. The quantitative estimate of drug-likeness (QED) is 0.384. The first kappa shape index (κ1) is 19.3. The predicted octanol–water partition coefficient (Wildman–Crippen LogP) is 4.66. The Balaban J connectivity index is 5.99. The first-order valence-electron chi connectivity index (χ1n) is 3.72. The highest BCUT2D eigenvalue weighted by Gasteiger charge is 2.84. The maximum atomic E-state index is 13.2. The first-order chi connectivity index (χ1) is 7.94. The Hall–Kier alpha value is 0.270. The summed E-state index contributed by atoms with van der Waals surface area (Å²) in [6.07, 6.45) is 0. The number of alkyl halides is 11. The molecule has 0 aromatic rings. The van der Waals surface area contributed by atoms with Crippen molar-refractivity contribution in [3.63, 3.8) is 0 Å². The number of rotatable bonds is 5. The van der Waals surface area contributed by atoms with Crippen LogP contribution in [0, 0.1) is 0 Å². The van der Waals surface area contributed by atoms with Crippen LogP contribution in [0.15, 0.2) is 0 Å². The van der Waals surface area contributed by atoms with Gasteiger partial charge in [0, 0.05) is 0 Å². The number of hydrogen-bond donors (Lipinski definition) is 0. The van der Waals surface area contributed by atoms with Crippen LogP contribution in [0.2, 0.25) is 0 Å². The zero-order valence-electron chi connectivity index (χ0n) is 7.94. The molecule has 0 saturated carbocycles. The van der Waals surface area contributed by atoms with E-state index in [1.807, 2.05) is 0 Å². The smallest absolute Gasteiger partial charge is 0.274 e. The second kappa shape index (κ2) is 4.92. The Morgan fingerprint density at radius 2 is 1.05 bits per heavy atom. The molecular formula is C6Cl4F8O. The summed E-state index contributed by atoms with van der Waals surface area (Å²) in [5, 5.41) is -20.6. The Labute approximate surface area is 119 Å². The molecule has 114 valence electrons. The van der Waals surface area contributed by atoms with E-state index in [0.29, 0.717) is 0 Å². The summed E-state index contributed by atoms with van der Waals surface area (Å²) in [6.45, 7) is 0. The fraction of sp³-hybridized carbons (Fsp3) is 0.833. The molecule has 0 radical (unpaired) electrons. The van der Waals surface area contributed by atoms with Crippen molar-refractivity contribution in [2.24, 2.45) is 0 Å². The van der Waals surface area contributed by atoms with E-state index in [1.54, 1.807) is 0 Å². The molecule has 0 rings (SSSR count). The van der Waals surface area contributed by atoms with E-state index in [-0.39, 0.29) is 0 Å². The van der Waals surface area contributed by atoms with E-state index in [4.69, 9.17) is 0 Å². The Kier molecular flexibility index (Phi) is 4.99. The molecule has 0 unspecified atom stereocenters. The molecule has 0 aromatic heterocycles. The molecule has 0 bridgehead atoms. The van der Waals surface area contributed by atoms with Gasteiger partial charge in [-0.05, 0) is 23.2 Å². The zero-order chi connectivity index (χ0) is 16.1. The van der Waals surface area contributed by atoms with E-state index < -0.39 is 32.7 Å².